The van der Waals surface area contributed by atoms with E-state index in [1.54, 1.807) is 31.2 Å². The van der Waals surface area contributed by atoms with Crippen LogP contribution in [-0.4, -0.2) is 24.6 Å². The molecule has 0 unspecified atom stereocenters. The lowest BCUT2D eigenvalue weighted by atomic mass is 10.0. The highest BCUT2D eigenvalue weighted by Gasteiger charge is 2.20. The van der Waals surface area contributed by atoms with E-state index < -0.39 is 12.1 Å². The first kappa shape index (κ1) is 20.5. The number of esters is 1. The van der Waals surface area contributed by atoms with E-state index in [9.17, 15) is 9.59 Å². The number of benzene rings is 2. The van der Waals surface area contributed by atoms with Crippen molar-refractivity contribution >= 4 is 17.6 Å². The van der Waals surface area contributed by atoms with Crippen molar-refractivity contribution in [1.82, 2.24) is 0 Å². The fourth-order valence-electron chi connectivity index (χ4n) is 2.76. The van der Waals surface area contributed by atoms with Crippen molar-refractivity contribution < 1.29 is 19.1 Å². The van der Waals surface area contributed by atoms with Crippen LogP contribution in [0.2, 0.25) is 0 Å². The zero-order valence-corrected chi connectivity index (χ0v) is 16.4. The zero-order valence-electron chi connectivity index (χ0n) is 16.4. The van der Waals surface area contributed by atoms with Gasteiger partial charge < -0.3 is 14.8 Å². The molecule has 0 saturated heterocycles. The molecule has 2 aromatic rings. The predicted octanol–water partition coefficient (Wildman–Crippen LogP) is 4.39. The molecule has 2 rings (SSSR count). The number of amides is 1. The lowest BCUT2D eigenvalue weighted by molar-refractivity contribution is -0.123. The molecule has 0 fully saturated rings. The van der Waals surface area contributed by atoms with E-state index in [1.165, 1.54) is 0 Å². The monoisotopic (exact) mass is 369 g/mol. The van der Waals surface area contributed by atoms with E-state index in [4.69, 9.17) is 9.47 Å². The van der Waals surface area contributed by atoms with Gasteiger partial charge >= 0.3 is 5.97 Å². The molecule has 0 aliphatic rings. The third kappa shape index (κ3) is 5.33. The van der Waals surface area contributed by atoms with Gasteiger partial charge in [0.1, 0.15) is 5.75 Å². The van der Waals surface area contributed by atoms with E-state index >= 15 is 0 Å². The summed E-state index contributed by atoms with van der Waals surface area (Å²) in [7, 11) is 0. The Labute approximate surface area is 160 Å². The lowest BCUT2D eigenvalue weighted by Gasteiger charge is -2.18. The van der Waals surface area contributed by atoms with Gasteiger partial charge in [0.05, 0.1) is 12.2 Å². The van der Waals surface area contributed by atoms with Crippen LogP contribution >= 0.6 is 0 Å². The van der Waals surface area contributed by atoms with Crippen LogP contribution in [0.3, 0.4) is 0 Å². The maximum Gasteiger partial charge on any atom is 0.338 e. The highest BCUT2D eigenvalue weighted by molar-refractivity contribution is 5.98. The van der Waals surface area contributed by atoms with Crippen LogP contribution in [0.4, 0.5) is 5.69 Å². The van der Waals surface area contributed by atoms with E-state index in [2.05, 4.69) is 5.32 Å². The van der Waals surface area contributed by atoms with Crippen LogP contribution in [0, 0.1) is 0 Å². The summed E-state index contributed by atoms with van der Waals surface area (Å²) in [5.74, 6) is -0.201. The molecule has 1 N–H and O–H groups in total. The molecule has 0 heterocycles. The SMILES string of the molecule is CCOc1ccc(C(=O)O[C@@H](C)C(=O)Nc2c(CC)cccc2CC)cc1. The van der Waals surface area contributed by atoms with Crippen LogP contribution < -0.4 is 10.1 Å². The van der Waals surface area contributed by atoms with Gasteiger partial charge in [-0.3, -0.25) is 4.79 Å². The quantitative estimate of drug-likeness (QED) is 0.701. The third-order valence-electron chi connectivity index (χ3n) is 4.30. The summed E-state index contributed by atoms with van der Waals surface area (Å²) in [6, 6.07) is 12.6. The van der Waals surface area contributed by atoms with Crippen molar-refractivity contribution in [2.75, 3.05) is 11.9 Å². The molecular weight excluding hydrogens is 342 g/mol. The van der Waals surface area contributed by atoms with Gasteiger partial charge in [0.15, 0.2) is 6.10 Å². The molecule has 0 aliphatic heterocycles. The van der Waals surface area contributed by atoms with Gasteiger partial charge in [-0.2, -0.15) is 0 Å². The topological polar surface area (TPSA) is 64.6 Å². The van der Waals surface area contributed by atoms with Crippen molar-refractivity contribution in [2.24, 2.45) is 0 Å². The molecule has 0 radical (unpaired) electrons. The maximum atomic E-state index is 12.5. The van der Waals surface area contributed by atoms with E-state index in [0.717, 1.165) is 29.7 Å². The van der Waals surface area contributed by atoms with Gasteiger partial charge in [0, 0.05) is 5.69 Å². The Balaban J connectivity index is 2.04. The number of rotatable bonds is 8. The van der Waals surface area contributed by atoms with Crippen LogP contribution in [0.1, 0.15) is 49.2 Å². The highest BCUT2D eigenvalue weighted by Crippen LogP contribution is 2.23. The number of carbonyl (C=O) groups excluding carboxylic acids is 2. The third-order valence-corrected chi connectivity index (χ3v) is 4.30. The molecule has 27 heavy (non-hydrogen) atoms. The summed E-state index contributed by atoms with van der Waals surface area (Å²) < 4.78 is 10.7. The van der Waals surface area contributed by atoms with Crippen molar-refractivity contribution in [1.29, 1.82) is 0 Å². The second-order valence-corrected chi connectivity index (χ2v) is 6.15. The molecule has 0 aliphatic carbocycles. The van der Waals surface area contributed by atoms with Crippen LogP contribution in [0.25, 0.3) is 0 Å². The van der Waals surface area contributed by atoms with Crippen molar-refractivity contribution in [3.63, 3.8) is 0 Å². The number of carbonyl (C=O) groups is 2. The molecule has 2 aromatic carbocycles. The number of ether oxygens (including phenoxy) is 2. The molecule has 0 bridgehead atoms. The number of hydrogen-bond acceptors (Lipinski definition) is 4. The van der Waals surface area contributed by atoms with E-state index in [-0.39, 0.29) is 5.91 Å². The summed E-state index contributed by atoms with van der Waals surface area (Å²) in [6.07, 6.45) is 0.715. The Kier molecular flexibility index (Phi) is 7.41. The van der Waals surface area contributed by atoms with E-state index in [1.807, 2.05) is 39.0 Å². The van der Waals surface area contributed by atoms with Gasteiger partial charge in [-0.15, -0.1) is 0 Å². The first-order chi connectivity index (χ1) is 13.0. The standard InChI is InChI=1S/C22H27NO4/c1-5-16-9-8-10-17(6-2)20(16)23-21(24)15(4)27-22(25)18-11-13-19(14-12-18)26-7-3/h8-15H,5-7H2,1-4H3,(H,23,24)/t15-/m0/s1. The molecule has 1 atom stereocenters. The average Bonchev–Trinajstić information content (AvgIpc) is 2.68. The molecule has 1 amide bonds. The molecular formula is C22H27NO4. The first-order valence-corrected chi connectivity index (χ1v) is 9.35. The van der Waals surface area contributed by atoms with Gasteiger partial charge in [-0.1, -0.05) is 32.0 Å². The number of hydrogen-bond donors (Lipinski definition) is 1. The fraction of sp³-hybridized carbons (Fsp3) is 0.364. The second kappa shape index (κ2) is 9.76. The van der Waals surface area contributed by atoms with Crippen LogP contribution in [-0.2, 0) is 22.4 Å². The van der Waals surface area contributed by atoms with Gasteiger partial charge in [-0.05, 0) is 62.1 Å². The summed E-state index contributed by atoms with van der Waals surface area (Å²) in [5, 5.41) is 2.93. The van der Waals surface area contributed by atoms with E-state index in [0.29, 0.717) is 17.9 Å². The number of anilines is 1. The molecule has 0 spiro atoms. The minimum atomic E-state index is -0.904. The van der Waals surface area contributed by atoms with Crippen LogP contribution in [0.5, 0.6) is 5.75 Å². The molecule has 5 nitrogen and oxygen atoms in total. The van der Waals surface area contributed by atoms with Crippen molar-refractivity contribution in [3.05, 3.63) is 59.2 Å². The normalized spacial score (nSPS) is 11.6. The Bertz CT molecular complexity index is 761. The highest BCUT2D eigenvalue weighted by atomic mass is 16.5. The summed E-state index contributed by atoms with van der Waals surface area (Å²) in [6.45, 7) is 8.10. The minimum absolute atomic E-state index is 0.343. The largest absolute Gasteiger partial charge is 0.494 e. The fourth-order valence-corrected chi connectivity index (χ4v) is 2.76. The second-order valence-electron chi connectivity index (χ2n) is 6.15. The Morgan fingerprint density at radius 1 is 0.963 bits per heavy atom. The molecule has 5 heteroatoms. The minimum Gasteiger partial charge on any atom is -0.494 e. The Morgan fingerprint density at radius 2 is 1.56 bits per heavy atom. The summed E-state index contributed by atoms with van der Waals surface area (Å²) in [5.41, 5.74) is 3.32. The van der Waals surface area contributed by atoms with Crippen LogP contribution in [0.15, 0.2) is 42.5 Å². The van der Waals surface area contributed by atoms with Crippen molar-refractivity contribution in [2.45, 2.75) is 46.6 Å². The smallest absolute Gasteiger partial charge is 0.338 e. The summed E-state index contributed by atoms with van der Waals surface area (Å²) in [4.78, 5) is 24.8. The number of aryl methyl sites for hydroxylation is 2. The molecule has 0 saturated carbocycles. The molecule has 0 aromatic heterocycles. The van der Waals surface area contributed by atoms with Crippen molar-refractivity contribution in [3.8, 4) is 5.75 Å². The average molecular weight is 369 g/mol. The van der Waals surface area contributed by atoms with Gasteiger partial charge in [0.25, 0.3) is 5.91 Å². The van der Waals surface area contributed by atoms with Gasteiger partial charge in [0.2, 0.25) is 0 Å². The summed E-state index contributed by atoms with van der Waals surface area (Å²) >= 11 is 0. The predicted molar refractivity (Wildman–Crippen MR) is 106 cm³/mol. The zero-order chi connectivity index (χ0) is 19.8. The maximum absolute atomic E-state index is 12.5. The Hall–Kier alpha value is -2.82. The molecule has 144 valence electrons. The number of para-hydroxylation sites is 1. The lowest BCUT2D eigenvalue weighted by Crippen LogP contribution is -2.30. The Morgan fingerprint density at radius 3 is 2.07 bits per heavy atom. The number of nitrogens with one attached hydrogen (secondary N) is 1. The van der Waals surface area contributed by atoms with Gasteiger partial charge in [-0.25, -0.2) is 4.79 Å². The first-order valence-electron chi connectivity index (χ1n) is 9.35.